The molecule has 1 aliphatic rings. The van der Waals surface area contributed by atoms with Gasteiger partial charge in [0.15, 0.2) is 6.29 Å². The highest BCUT2D eigenvalue weighted by atomic mass is 79.9. The van der Waals surface area contributed by atoms with Crippen molar-refractivity contribution in [1.82, 2.24) is 20.1 Å². The number of rotatable bonds is 6. The summed E-state index contributed by atoms with van der Waals surface area (Å²) in [6.45, 7) is 5.84. The number of benzene rings is 2. The Bertz CT molecular complexity index is 1020. The molecule has 1 aliphatic heterocycles. The van der Waals surface area contributed by atoms with Gasteiger partial charge in [-0.05, 0) is 42.7 Å². The van der Waals surface area contributed by atoms with Gasteiger partial charge < -0.3 is 9.47 Å². The van der Waals surface area contributed by atoms with Crippen LogP contribution in [0.4, 0.5) is 0 Å². The van der Waals surface area contributed by atoms with E-state index in [1.807, 2.05) is 25.1 Å². The second-order valence-electron chi connectivity index (χ2n) is 7.53. The molecule has 0 bridgehead atoms. The number of nitrogens with zero attached hydrogens (tertiary/aromatic N) is 2. The third kappa shape index (κ3) is 4.89. The summed E-state index contributed by atoms with van der Waals surface area (Å²) in [4.78, 5) is 16.4. The molecule has 7 nitrogen and oxygen atoms in total. The molecule has 2 heterocycles. The third-order valence-electron chi connectivity index (χ3n) is 5.23. The highest BCUT2D eigenvalue weighted by molar-refractivity contribution is 9.10. The Morgan fingerprint density at radius 3 is 2.80 bits per heavy atom. The van der Waals surface area contributed by atoms with Crippen molar-refractivity contribution in [3.8, 4) is 0 Å². The standard InChI is InChI=1S/C22H25BrN4O3/c1-14-10-17(12-18(23)11-14)15(2)30-21-20(16-6-4-3-5-7-16)27(8-9-29-21)13-19-24-22(28)26-25-19/h3-7,10-12,15,20-21H,8-9,13H2,1-2H3,(H2,24,25,26,28). The van der Waals surface area contributed by atoms with Gasteiger partial charge in [0.1, 0.15) is 5.82 Å². The monoisotopic (exact) mass is 472 g/mol. The van der Waals surface area contributed by atoms with Gasteiger partial charge in [0.2, 0.25) is 0 Å². The van der Waals surface area contributed by atoms with Crippen LogP contribution < -0.4 is 5.69 Å². The Balaban J connectivity index is 1.60. The molecule has 30 heavy (non-hydrogen) atoms. The summed E-state index contributed by atoms with van der Waals surface area (Å²) < 4.78 is 13.6. The lowest BCUT2D eigenvalue weighted by Crippen LogP contribution is -2.46. The first-order valence-electron chi connectivity index (χ1n) is 9.96. The van der Waals surface area contributed by atoms with Gasteiger partial charge in [-0.1, -0.05) is 52.3 Å². The van der Waals surface area contributed by atoms with E-state index in [4.69, 9.17) is 9.47 Å². The number of hydrogen-bond donors (Lipinski definition) is 2. The van der Waals surface area contributed by atoms with Crippen LogP contribution in [0, 0.1) is 6.92 Å². The Hall–Kier alpha value is -2.26. The molecule has 0 amide bonds. The van der Waals surface area contributed by atoms with Gasteiger partial charge in [-0.2, -0.15) is 5.10 Å². The normalized spacial score (nSPS) is 20.9. The van der Waals surface area contributed by atoms with Crippen molar-refractivity contribution in [2.45, 2.75) is 38.8 Å². The van der Waals surface area contributed by atoms with E-state index in [2.05, 4.69) is 73.3 Å². The van der Waals surface area contributed by atoms with Crippen LogP contribution in [0.5, 0.6) is 0 Å². The summed E-state index contributed by atoms with van der Waals surface area (Å²) in [5.74, 6) is 0.595. The van der Waals surface area contributed by atoms with E-state index in [1.54, 1.807) is 0 Å². The number of hydrogen-bond acceptors (Lipinski definition) is 5. The Morgan fingerprint density at radius 1 is 1.30 bits per heavy atom. The molecular formula is C22H25BrN4O3. The fourth-order valence-electron chi connectivity index (χ4n) is 3.85. The molecule has 0 saturated carbocycles. The number of aryl methyl sites for hydroxylation is 1. The van der Waals surface area contributed by atoms with E-state index in [0.29, 0.717) is 25.5 Å². The Labute approximate surface area is 183 Å². The number of aromatic nitrogens is 3. The van der Waals surface area contributed by atoms with Crippen LogP contribution in [0.1, 0.15) is 41.6 Å². The maximum atomic E-state index is 11.5. The van der Waals surface area contributed by atoms with Crippen LogP contribution in [0.2, 0.25) is 0 Å². The van der Waals surface area contributed by atoms with Gasteiger partial charge in [-0.15, -0.1) is 0 Å². The molecule has 0 radical (unpaired) electrons. The highest BCUT2D eigenvalue weighted by Gasteiger charge is 2.36. The van der Waals surface area contributed by atoms with Crippen molar-refractivity contribution in [3.05, 3.63) is 86.0 Å². The first-order valence-corrected chi connectivity index (χ1v) is 10.8. The SMILES string of the molecule is Cc1cc(Br)cc(C(C)OC2OCCN(Cc3n[nH]c(=O)[nH]3)C2c2ccccc2)c1. The summed E-state index contributed by atoms with van der Waals surface area (Å²) in [5.41, 5.74) is 3.05. The Kier molecular flexibility index (Phi) is 6.48. The van der Waals surface area contributed by atoms with Crippen LogP contribution in [-0.2, 0) is 16.0 Å². The van der Waals surface area contributed by atoms with Crippen molar-refractivity contribution >= 4 is 15.9 Å². The lowest BCUT2D eigenvalue weighted by atomic mass is 10.0. The molecule has 3 atom stereocenters. The predicted octanol–water partition coefficient (Wildman–Crippen LogP) is 3.85. The van der Waals surface area contributed by atoms with Gasteiger partial charge in [0.25, 0.3) is 0 Å². The number of nitrogens with one attached hydrogen (secondary N) is 2. The first-order chi connectivity index (χ1) is 14.5. The molecule has 4 rings (SSSR count). The van der Waals surface area contributed by atoms with Gasteiger partial charge >= 0.3 is 5.69 Å². The van der Waals surface area contributed by atoms with Crippen LogP contribution >= 0.6 is 15.9 Å². The van der Waals surface area contributed by atoms with Crippen molar-refractivity contribution in [2.24, 2.45) is 0 Å². The zero-order valence-corrected chi connectivity index (χ0v) is 18.6. The minimum absolute atomic E-state index is 0.129. The predicted molar refractivity (Wildman–Crippen MR) is 117 cm³/mol. The minimum atomic E-state index is -0.457. The molecule has 1 aromatic heterocycles. The molecular weight excluding hydrogens is 448 g/mol. The molecule has 1 fully saturated rings. The van der Waals surface area contributed by atoms with Crippen LogP contribution in [-0.4, -0.2) is 39.5 Å². The molecule has 3 unspecified atom stereocenters. The molecule has 158 valence electrons. The van der Waals surface area contributed by atoms with Crippen molar-refractivity contribution in [2.75, 3.05) is 13.2 Å². The second-order valence-corrected chi connectivity index (χ2v) is 8.45. The third-order valence-corrected chi connectivity index (χ3v) is 5.69. The average molecular weight is 473 g/mol. The molecule has 3 aromatic rings. The van der Waals surface area contributed by atoms with Crippen molar-refractivity contribution in [3.63, 3.8) is 0 Å². The largest absolute Gasteiger partial charge is 0.349 e. The number of ether oxygens (including phenoxy) is 2. The van der Waals surface area contributed by atoms with E-state index < -0.39 is 6.29 Å². The molecule has 2 aromatic carbocycles. The quantitative estimate of drug-likeness (QED) is 0.569. The fourth-order valence-corrected chi connectivity index (χ4v) is 4.47. The smallest absolute Gasteiger partial charge is 0.340 e. The molecule has 0 aliphatic carbocycles. The number of halogens is 1. The number of morpholine rings is 1. The molecule has 8 heteroatoms. The van der Waals surface area contributed by atoms with Gasteiger partial charge in [-0.25, -0.2) is 9.89 Å². The maximum absolute atomic E-state index is 11.5. The van der Waals surface area contributed by atoms with E-state index >= 15 is 0 Å². The zero-order chi connectivity index (χ0) is 21.1. The van der Waals surface area contributed by atoms with Crippen molar-refractivity contribution in [1.29, 1.82) is 0 Å². The van der Waals surface area contributed by atoms with E-state index in [-0.39, 0.29) is 17.8 Å². The molecule has 0 spiro atoms. The highest BCUT2D eigenvalue weighted by Crippen LogP contribution is 2.34. The maximum Gasteiger partial charge on any atom is 0.340 e. The molecule has 2 N–H and O–H groups in total. The van der Waals surface area contributed by atoms with E-state index in [1.165, 1.54) is 5.56 Å². The lowest BCUT2D eigenvalue weighted by molar-refractivity contribution is -0.231. The van der Waals surface area contributed by atoms with Crippen LogP contribution in [0.15, 0.2) is 57.8 Å². The molecule has 1 saturated heterocycles. The first kappa shape index (κ1) is 21.0. The zero-order valence-electron chi connectivity index (χ0n) is 17.0. The number of aromatic amines is 2. The topological polar surface area (TPSA) is 83.2 Å². The Morgan fingerprint density at radius 2 is 2.10 bits per heavy atom. The van der Waals surface area contributed by atoms with Crippen LogP contribution in [0.25, 0.3) is 0 Å². The van der Waals surface area contributed by atoms with Gasteiger partial charge in [0.05, 0.1) is 25.3 Å². The summed E-state index contributed by atoms with van der Waals surface area (Å²) in [5, 5.41) is 6.50. The summed E-state index contributed by atoms with van der Waals surface area (Å²) >= 11 is 3.57. The van der Waals surface area contributed by atoms with E-state index in [9.17, 15) is 4.79 Å². The lowest BCUT2D eigenvalue weighted by Gasteiger charge is -2.41. The number of H-pyrrole nitrogens is 2. The fraction of sp³-hybridized carbons (Fsp3) is 0.364. The van der Waals surface area contributed by atoms with Gasteiger partial charge in [-0.3, -0.25) is 9.88 Å². The summed E-state index contributed by atoms with van der Waals surface area (Å²) in [7, 11) is 0. The average Bonchev–Trinajstić information content (AvgIpc) is 3.13. The van der Waals surface area contributed by atoms with Crippen LogP contribution in [0.3, 0.4) is 0 Å². The minimum Gasteiger partial charge on any atom is -0.349 e. The summed E-state index contributed by atoms with van der Waals surface area (Å²) in [6.07, 6.45) is -0.608. The second kappa shape index (κ2) is 9.26. The van der Waals surface area contributed by atoms with Crippen molar-refractivity contribution < 1.29 is 9.47 Å². The van der Waals surface area contributed by atoms with E-state index in [0.717, 1.165) is 15.6 Å². The van der Waals surface area contributed by atoms with Gasteiger partial charge in [0, 0.05) is 11.0 Å². The summed E-state index contributed by atoms with van der Waals surface area (Å²) in [6, 6.07) is 16.3.